The summed E-state index contributed by atoms with van der Waals surface area (Å²) in [5, 5.41) is 16.3. The summed E-state index contributed by atoms with van der Waals surface area (Å²) in [6.45, 7) is 0. The van der Waals surface area contributed by atoms with Crippen LogP contribution in [0.4, 0.5) is 15.8 Å². The Bertz CT molecular complexity index is 714. The minimum Gasteiger partial charge on any atom is -0.284 e. The number of nitrogens with one attached hydrogen (secondary N) is 2. The van der Waals surface area contributed by atoms with Crippen LogP contribution in [0.2, 0.25) is 0 Å². The Balaban J connectivity index is 2.38. The van der Waals surface area contributed by atoms with E-state index < -0.39 is 31.3 Å². The zero-order valence-corrected chi connectivity index (χ0v) is 10.0. The van der Waals surface area contributed by atoms with Crippen LogP contribution < -0.4 is 4.72 Å². The summed E-state index contributed by atoms with van der Waals surface area (Å²) < 4.78 is 39.3. The van der Waals surface area contributed by atoms with E-state index in [1.165, 1.54) is 12.4 Å². The summed E-state index contributed by atoms with van der Waals surface area (Å²) in [7, 11) is -4.16. The van der Waals surface area contributed by atoms with Gasteiger partial charge in [-0.2, -0.15) is 5.10 Å². The summed E-state index contributed by atoms with van der Waals surface area (Å²) in [5.41, 5.74) is -0.405. The molecule has 0 saturated heterocycles. The summed E-state index contributed by atoms with van der Waals surface area (Å²) >= 11 is 0. The number of nitro groups is 1. The van der Waals surface area contributed by atoms with Crippen LogP contribution in [0.1, 0.15) is 0 Å². The first-order chi connectivity index (χ1) is 8.90. The Morgan fingerprint density at radius 1 is 1.42 bits per heavy atom. The fourth-order valence-corrected chi connectivity index (χ4v) is 2.43. The van der Waals surface area contributed by atoms with E-state index in [9.17, 15) is 22.9 Å². The van der Waals surface area contributed by atoms with Gasteiger partial charge >= 0.3 is 0 Å². The molecule has 0 aliphatic heterocycles. The molecule has 0 unspecified atom stereocenters. The first-order valence-corrected chi connectivity index (χ1v) is 6.34. The Labute approximate surface area is 106 Å². The third kappa shape index (κ3) is 2.68. The van der Waals surface area contributed by atoms with Gasteiger partial charge in [-0.25, -0.2) is 12.8 Å². The molecule has 2 aromatic rings. The monoisotopic (exact) mass is 286 g/mol. The third-order valence-corrected chi connectivity index (χ3v) is 3.58. The lowest BCUT2D eigenvalue weighted by molar-refractivity contribution is -0.385. The van der Waals surface area contributed by atoms with Crippen molar-refractivity contribution in [3.63, 3.8) is 0 Å². The number of nitro benzene ring substituents is 1. The van der Waals surface area contributed by atoms with E-state index >= 15 is 0 Å². The van der Waals surface area contributed by atoms with Crippen molar-refractivity contribution in [2.24, 2.45) is 0 Å². The van der Waals surface area contributed by atoms with Crippen LogP contribution in [-0.4, -0.2) is 23.5 Å². The van der Waals surface area contributed by atoms with Crippen LogP contribution in [0.3, 0.4) is 0 Å². The maximum absolute atomic E-state index is 13.6. The fraction of sp³-hybridized carbons (Fsp3) is 0. The fourth-order valence-electron chi connectivity index (χ4n) is 1.34. The van der Waals surface area contributed by atoms with Crippen molar-refractivity contribution < 1.29 is 17.7 Å². The molecule has 0 aliphatic carbocycles. The number of anilines is 1. The van der Waals surface area contributed by atoms with E-state index in [2.05, 4.69) is 14.9 Å². The average Bonchev–Trinajstić information content (AvgIpc) is 2.80. The Morgan fingerprint density at radius 3 is 2.68 bits per heavy atom. The van der Waals surface area contributed by atoms with Crippen molar-refractivity contribution in [1.29, 1.82) is 0 Å². The number of rotatable bonds is 4. The van der Waals surface area contributed by atoms with Gasteiger partial charge in [-0.05, 0) is 6.07 Å². The molecule has 1 aromatic heterocycles. The molecule has 1 aromatic carbocycles. The van der Waals surface area contributed by atoms with E-state index in [0.717, 1.165) is 12.1 Å². The predicted molar refractivity (Wildman–Crippen MR) is 62.5 cm³/mol. The number of benzene rings is 1. The summed E-state index contributed by atoms with van der Waals surface area (Å²) in [5.74, 6) is -1.20. The minimum atomic E-state index is -4.16. The second kappa shape index (κ2) is 4.65. The van der Waals surface area contributed by atoms with Crippen LogP contribution in [0.15, 0.2) is 35.5 Å². The molecule has 0 atom stereocenters. The molecule has 0 saturated carbocycles. The number of hydrogen-bond acceptors (Lipinski definition) is 5. The smallest absolute Gasteiger partial charge is 0.272 e. The minimum absolute atomic E-state index is 0.123. The summed E-state index contributed by atoms with van der Waals surface area (Å²) in [4.78, 5) is 8.93. The number of hydrogen-bond donors (Lipinski definition) is 2. The second-order valence-corrected chi connectivity index (χ2v) is 5.12. The van der Waals surface area contributed by atoms with E-state index in [0.29, 0.717) is 6.07 Å². The number of aromatic amines is 1. The highest BCUT2D eigenvalue weighted by atomic mass is 32.2. The first-order valence-electron chi connectivity index (χ1n) is 4.86. The number of non-ortho nitro benzene ring substituents is 1. The molecule has 2 N–H and O–H groups in total. The van der Waals surface area contributed by atoms with Crippen LogP contribution in [0.5, 0.6) is 0 Å². The number of H-pyrrole nitrogens is 1. The lowest BCUT2D eigenvalue weighted by Gasteiger charge is -2.06. The zero-order valence-electron chi connectivity index (χ0n) is 9.20. The molecular formula is C9H7FN4O4S. The number of sulfonamides is 1. The Morgan fingerprint density at radius 2 is 2.16 bits per heavy atom. The molecule has 1 heterocycles. The van der Waals surface area contributed by atoms with Gasteiger partial charge in [0.1, 0.15) is 4.90 Å². The topological polar surface area (TPSA) is 118 Å². The molecule has 0 radical (unpaired) electrons. The van der Waals surface area contributed by atoms with Gasteiger partial charge in [0.05, 0.1) is 22.9 Å². The lowest BCUT2D eigenvalue weighted by atomic mass is 10.3. The van der Waals surface area contributed by atoms with E-state index in [-0.39, 0.29) is 5.69 Å². The number of aromatic nitrogens is 2. The molecule has 0 spiro atoms. The van der Waals surface area contributed by atoms with Gasteiger partial charge in [0.2, 0.25) is 0 Å². The highest BCUT2D eigenvalue weighted by molar-refractivity contribution is 7.92. The molecule has 2 rings (SSSR count). The van der Waals surface area contributed by atoms with Crippen molar-refractivity contribution in [3.05, 3.63) is 46.5 Å². The van der Waals surface area contributed by atoms with E-state index in [1.54, 1.807) is 0 Å². The molecule has 0 bridgehead atoms. The maximum Gasteiger partial charge on any atom is 0.272 e. The van der Waals surface area contributed by atoms with Crippen molar-refractivity contribution >= 4 is 21.4 Å². The highest BCUT2D eigenvalue weighted by Crippen LogP contribution is 2.22. The highest BCUT2D eigenvalue weighted by Gasteiger charge is 2.22. The van der Waals surface area contributed by atoms with Gasteiger partial charge in [-0.1, -0.05) is 0 Å². The summed E-state index contributed by atoms with van der Waals surface area (Å²) in [6, 6.07) is 2.28. The maximum atomic E-state index is 13.6. The van der Waals surface area contributed by atoms with Gasteiger partial charge in [-0.3, -0.25) is 19.9 Å². The first kappa shape index (κ1) is 13.0. The van der Waals surface area contributed by atoms with Crippen molar-refractivity contribution in [1.82, 2.24) is 10.2 Å². The zero-order chi connectivity index (χ0) is 14.0. The van der Waals surface area contributed by atoms with Gasteiger partial charge < -0.3 is 0 Å². The third-order valence-electron chi connectivity index (χ3n) is 2.17. The second-order valence-electron chi connectivity index (χ2n) is 3.46. The molecule has 0 aliphatic rings. The summed E-state index contributed by atoms with van der Waals surface area (Å²) in [6.07, 6.45) is 2.46. The number of halogens is 1. The number of nitrogens with zero attached hydrogens (tertiary/aromatic N) is 2. The van der Waals surface area contributed by atoms with Crippen LogP contribution in [0.25, 0.3) is 0 Å². The standard InChI is InChI=1S/C9H7FN4O4S/c10-8-3-7(14(15)16)1-2-9(8)19(17,18)13-6-4-11-12-5-6/h1-5,13H,(H,11,12). The molecule has 0 fully saturated rings. The molecule has 10 heteroatoms. The molecule has 19 heavy (non-hydrogen) atoms. The van der Waals surface area contributed by atoms with E-state index in [1.807, 2.05) is 0 Å². The molecular weight excluding hydrogens is 279 g/mol. The Hall–Kier alpha value is -2.49. The van der Waals surface area contributed by atoms with Gasteiger partial charge in [0.25, 0.3) is 15.7 Å². The molecule has 8 nitrogen and oxygen atoms in total. The van der Waals surface area contributed by atoms with Crippen LogP contribution in [-0.2, 0) is 10.0 Å². The van der Waals surface area contributed by atoms with Crippen LogP contribution >= 0.6 is 0 Å². The van der Waals surface area contributed by atoms with Crippen LogP contribution in [0, 0.1) is 15.9 Å². The molecule has 100 valence electrons. The molecule has 0 amide bonds. The SMILES string of the molecule is O=[N+]([O-])c1ccc(S(=O)(=O)Nc2cn[nH]c2)c(F)c1. The largest absolute Gasteiger partial charge is 0.284 e. The quantitative estimate of drug-likeness (QED) is 0.648. The average molecular weight is 286 g/mol. The van der Waals surface area contributed by atoms with Gasteiger partial charge in [0.15, 0.2) is 5.82 Å². The van der Waals surface area contributed by atoms with Gasteiger partial charge in [0, 0.05) is 12.3 Å². The van der Waals surface area contributed by atoms with Crippen molar-refractivity contribution in [2.45, 2.75) is 4.90 Å². The predicted octanol–water partition coefficient (Wildman–Crippen LogP) is 1.26. The van der Waals surface area contributed by atoms with Crippen molar-refractivity contribution in [2.75, 3.05) is 4.72 Å². The normalized spacial score (nSPS) is 11.2. The van der Waals surface area contributed by atoms with E-state index in [4.69, 9.17) is 0 Å². The Kier molecular flexibility index (Phi) is 3.17. The van der Waals surface area contributed by atoms with Crippen molar-refractivity contribution in [3.8, 4) is 0 Å². The van der Waals surface area contributed by atoms with Gasteiger partial charge in [-0.15, -0.1) is 0 Å². The lowest BCUT2D eigenvalue weighted by Crippen LogP contribution is -2.14.